The molecule has 3 nitrogen and oxygen atoms in total. The van der Waals surface area contributed by atoms with Gasteiger partial charge in [-0.05, 0) is 12.3 Å². The van der Waals surface area contributed by atoms with E-state index in [-0.39, 0.29) is 0 Å². The molecule has 0 aromatic heterocycles. The van der Waals surface area contributed by atoms with Crippen molar-refractivity contribution < 1.29 is 14.6 Å². The Hall–Kier alpha value is -1.05. The number of hydrogen-bond acceptors (Lipinski definition) is 3. The van der Waals surface area contributed by atoms with Crippen molar-refractivity contribution >= 4 is 5.97 Å². The van der Waals surface area contributed by atoms with E-state index in [0.29, 0.717) is 17.9 Å². The molecule has 13 heavy (non-hydrogen) atoms. The third-order valence-electron chi connectivity index (χ3n) is 1.61. The molecule has 0 fully saturated rings. The van der Waals surface area contributed by atoms with Gasteiger partial charge < -0.3 is 9.84 Å². The molecule has 1 atom stereocenters. The second-order valence-electron chi connectivity index (χ2n) is 3.23. The molecule has 0 aromatic rings. The second-order valence-corrected chi connectivity index (χ2v) is 3.23. The van der Waals surface area contributed by atoms with Gasteiger partial charge in [-0.15, -0.1) is 5.73 Å². The van der Waals surface area contributed by atoms with Crippen molar-refractivity contribution in [2.24, 2.45) is 5.92 Å². The molecule has 0 heterocycles. The molecule has 0 radical (unpaired) electrons. The fourth-order valence-corrected chi connectivity index (χ4v) is 0.974. The quantitative estimate of drug-likeness (QED) is 0.529. The lowest BCUT2D eigenvalue weighted by atomic mass is 9.99. The standard InChI is InChI=1S/C10H16O3/c1-5-8(6-7(2)3)9(11)10(12)13-4/h7,9,11H,1,6H2,2-4H3/t9-/m0/s1. The Morgan fingerprint density at radius 2 is 2.15 bits per heavy atom. The summed E-state index contributed by atoms with van der Waals surface area (Å²) in [5, 5.41) is 9.41. The smallest absolute Gasteiger partial charge is 0.339 e. The van der Waals surface area contributed by atoms with Crippen molar-refractivity contribution in [3.8, 4) is 0 Å². The van der Waals surface area contributed by atoms with E-state index in [1.165, 1.54) is 7.11 Å². The van der Waals surface area contributed by atoms with Gasteiger partial charge >= 0.3 is 5.97 Å². The second kappa shape index (κ2) is 5.57. The summed E-state index contributed by atoms with van der Waals surface area (Å²) in [7, 11) is 1.24. The molecule has 0 aliphatic rings. The van der Waals surface area contributed by atoms with Crippen LogP contribution in [0.2, 0.25) is 0 Å². The van der Waals surface area contributed by atoms with Gasteiger partial charge in [0.05, 0.1) is 7.11 Å². The van der Waals surface area contributed by atoms with Crippen LogP contribution in [0, 0.1) is 5.92 Å². The van der Waals surface area contributed by atoms with Crippen molar-refractivity contribution in [3.63, 3.8) is 0 Å². The highest BCUT2D eigenvalue weighted by molar-refractivity contribution is 5.77. The van der Waals surface area contributed by atoms with Crippen molar-refractivity contribution in [1.82, 2.24) is 0 Å². The van der Waals surface area contributed by atoms with Gasteiger partial charge in [-0.1, -0.05) is 20.4 Å². The largest absolute Gasteiger partial charge is 0.467 e. The first-order valence-corrected chi connectivity index (χ1v) is 4.17. The number of rotatable bonds is 4. The maximum absolute atomic E-state index is 10.9. The van der Waals surface area contributed by atoms with Gasteiger partial charge in [-0.25, -0.2) is 4.79 Å². The molecule has 74 valence electrons. The number of hydrogen-bond donors (Lipinski definition) is 1. The van der Waals surface area contributed by atoms with Crippen LogP contribution in [0.15, 0.2) is 17.9 Å². The van der Waals surface area contributed by atoms with E-state index in [2.05, 4.69) is 17.0 Å². The summed E-state index contributed by atoms with van der Waals surface area (Å²) in [5.74, 6) is -0.310. The molecule has 0 aromatic carbocycles. The summed E-state index contributed by atoms with van der Waals surface area (Å²) in [6.07, 6.45) is -0.621. The van der Waals surface area contributed by atoms with E-state index in [9.17, 15) is 9.90 Å². The Bertz CT molecular complexity index is 224. The Morgan fingerprint density at radius 1 is 1.62 bits per heavy atom. The number of ether oxygens (including phenoxy) is 1. The summed E-state index contributed by atoms with van der Waals surface area (Å²) in [4.78, 5) is 10.9. The van der Waals surface area contributed by atoms with Crippen LogP contribution >= 0.6 is 0 Å². The molecule has 0 saturated heterocycles. The Morgan fingerprint density at radius 3 is 2.46 bits per heavy atom. The molecular weight excluding hydrogens is 168 g/mol. The zero-order valence-electron chi connectivity index (χ0n) is 8.33. The highest BCUT2D eigenvalue weighted by Gasteiger charge is 2.20. The summed E-state index contributed by atoms with van der Waals surface area (Å²) in [6.45, 7) is 7.40. The van der Waals surface area contributed by atoms with Gasteiger partial charge in [0.25, 0.3) is 0 Å². The molecule has 0 aliphatic carbocycles. The van der Waals surface area contributed by atoms with Crippen LogP contribution in [-0.2, 0) is 9.53 Å². The average Bonchev–Trinajstić information content (AvgIpc) is 2.11. The van der Waals surface area contributed by atoms with Gasteiger partial charge in [-0.2, -0.15) is 0 Å². The third-order valence-corrected chi connectivity index (χ3v) is 1.61. The average molecular weight is 184 g/mol. The minimum Gasteiger partial charge on any atom is -0.467 e. The van der Waals surface area contributed by atoms with Crippen molar-refractivity contribution in [3.05, 3.63) is 17.9 Å². The third kappa shape index (κ3) is 3.92. The molecule has 0 bridgehead atoms. The maximum atomic E-state index is 10.9. The summed E-state index contributed by atoms with van der Waals surface area (Å²) in [5.41, 5.74) is 3.05. The molecule has 1 N–H and O–H groups in total. The van der Waals surface area contributed by atoms with Gasteiger partial charge in [0.15, 0.2) is 6.10 Å². The van der Waals surface area contributed by atoms with Crippen LogP contribution < -0.4 is 0 Å². The number of carbonyl (C=O) groups is 1. The van der Waals surface area contributed by atoms with Crippen LogP contribution in [-0.4, -0.2) is 24.3 Å². The lowest BCUT2D eigenvalue weighted by Crippen LogP contribution is -2.24. The monoisotopic (exact) mass is 184 g/mol. The van der Waals surface area contributed by atoms with Crippen LogP contribution in [0.1, 0.15) is 20.3 Å². The summed E-state index contributed by atoms with van der Waals surface area (Å²) in [6, 6.07) is 0. The summed E-state index contributed by atoms with van der Waals surface area (Å²) < 4.78 is 4.40. The molecular formula is C10H16O3. The van der Waals surface area contributed by atoms with E-state index in [0.717, 1.165) is 0 Å². The summed E-state index contributed by atoms with van der Waals surface area (Å²) >= 11 is 0. The number of methoxy groups -OCH3 is 1. The van der Waals surface area contributed by atoms with E-state index in [1.807, 2.05) is 13.8 Å². The highest BCUT2D eigenvalue weighted by Crippen LogP contribution is 2.13. The molecule has 3 heteroatoms. The Kier molecular flexibility index (Phi) is 5.12. The van der Waals surface area contributed by atoms with Gasteiger partial charge in [0.1, 0.15) is 0 Å². The van der Waals surface area contributed by atoms with Gasteiger partial charge in [0.2, 0.25) is 0 Å². The molecule has 0 spiro atoms. The molecule has 0 unspecified atom stereocenters. The lowest BCUT2D eigenvalue weighted by Gasteiger charge is -2.12. The van der Waals surface area contributed by atoms with Crippen LogP contribution in [0.25, 0.3) is 0 Å². The maximum Gasteiger partial charge on any atom is 0.339 e. The Balaban J connectivity index is 4.43. The first-order chi connectivity index (χ1) is 6.02. The van der Waals surface area contributed by atoms with E-state index >= 15 is 0 Å². The van der Waals surface area contributed by atoms with E-state index in [4.69, 9.17) is 0 Å². The van der Waals surface area contributed by atoms with E-state index < -0.39 is 12.1 Å². The van der Waals surface area contributed by atoms with Gasteiger partial charge in [-0.3, -0.25) is 0 Å². The minimum atomic E-state index is -1.22. The lowest BCUT2D eigenvalue weighted by molar-refractivity contribution is -0.148. The number of carbonyl (C=O) groups excluding carboxylic acids is 1. The first kappa shape index (κ1) is 11.9. The minimum absolute atomic E-state index is 0.351. The SMILES string of the molecule is C=C=C(CC(C)C)[C@H](O)C(=O)OC. The highest BCUT2D eigenvalue weighted by atomic mass is 16.5. The Labute approximate surface area is 78.7 Å². The first-order valence-electron chi connectivity index (χ1n) is 4.17. The zero-order chi connectivity index (χ0) is 10.4. The van der Waals surface area contributed by atoms with E-state index in [1.54, 1.807) is 0 Å². The van der Waals surface area contributed by atoms with Crippen LogP contribution in [0.3, 0.4) is 0 Å². The molecule has 0 amide bonds. The molecule has 0 aliphatic heterocycles. The van der Waals surface area contributed by atoms with Crippen molar-refractivity contribution in [2.75, 3.05) is 7.11 Å². The number of aliphatic hydroxyl groups excluding tert-OH is 1. The van der Waals surface area contributed by atoms with Gasteiger partial charge in [0, 0.05) is 5.57 Å². The topological polar surface area (TPSA) is 46.5 Å². The zero-order valence-corrected chi connectivity index (χ0v) is 8.33. The number of aliphatic hydroxyl groups is 1. The predicted molar refractivity (Wildman–Crippen MR) is 50.1 cm³/mol. The molecule has 0 saturated carbocycles. The van der Waals surface area contributed by atoms with Crippen molar-refractivity contribution in [2.45, 2.75) is 26.4 Å². The number of esters is 1. The fraction of sp³-hybridized carbons (Fsp3) is 0.600. The molecule has 0 rings (SSSR count). The normalized spacial score (nSPS) is 12.1. The van der Waals surface area contributed by atoms with Crippen molar-refractivity contribution in [1.29, 1.82) is 0 Å². The fourth-order valence-electron chi connectivity index (χ4n) is 0.974. The van der Waals surface area contributed by atoms with Crippen LogP contribution in [0.5, 0.6) is 0 Å². The van der Waals surface area contributed by atoms with Crippen LogP contribution in [0.4, 0.5) is 0 Å². The predicted octanol–water partition coefficient (Wildman–Crippen LogP) is 1.28.